The van der Waals surface area contributed by atoms with Crippen LogP contribution in [0.5, 0.6) is 11.5 Å². The van der Waals surface area contributed by atoms with Crippen molar-refractivity contribution in [2.24, 2.45) is 0 Å². The third-order valence-electron chi connectivity index (χ3n) is 4.24. The van der Waals surface area contributed by atoms with E-state index < -0.39 is 20.7 Å². The highest BCUT2D eigenvalue weighted by atomic mass is 32.2. The van der Waals surface area contributed by atoms with Crippen molar-refractivity contribution in [3.63, 3.8) is 0 Å². The molecule has 1 amide bonds. The first-order valence-corrected chi connectivity index (χ1v) is 8.69. The number of hydrogen-bond donors (Lipinski definition) is 1. The highest BCUT2D eigenvalue weighted by Crippen LogP contribution is 2.34. The van der Waals surface area contributed by atoms with Gasteiger partial charge in [0.2, 0.25) is 15.9 Å². The van der Waals surface area contributed by atoms with Gasteiger partial charge in [0, 0.05) is 19.7 Å². The van der Waals surface area contributed by atoms with E-state index in [1.165, 1.54) is 32.5 Å². The van der Waals surface area contributed by atoms with Gasteiger partial charge in [0.15, 0.2) is 4.75 Å². The van der Waals surface area contributed by atoms with Crippen LogP contribution in [0.1, 0.15) is 19.8 Å². The summed E-state index contributed by atoms with van der Waals surface area (Å²) in [6.07, 6.45) is 0.920. The number of anilines is 1. The number of rotatable bonds is 4. The first kappa shape index (κ1) is 17.6. The summed E-state index contributed by atoms with van der Waals surface area (Å²) in [5, 5.41) is 2.67. The Labute approximate surface area is 136 Å². The molecule has 1 aromatic carbocycles. The van der Waals surface area contributed by atoms with Crippen molar-refractivity contribution in [1.29, 1.82) is 0 Å². The minimum Gasteiger partial charge on any atom is -0.497 e. The Morgan fingerprint density at radius 2 is 2.00 bits per heavy atom. The Kier molecular flexibility index (Phi) is 4.86. The fraction of sp³-hybridized carbons (Fsp3) is 0.533. The Morgan fingerprint density at radius 1 is 1.30 bits per heavy atom. The standard InChI is InChI=1S/C15H22N2O5S/c1-15(8-5-9-17(2)23(15,19)20)14(18)16-12-7-6-11(21-3)10-13(12)22-4/h6-7,10H,5,8-9H2,1-4H3,(H,16,18). The average molecular weight is 342 g/mol. The average Bonchev–Trinajstić information content (AvgIpc) is 2.53. The zero-order chi connectivity index (χ0) is 17.3. The molecule has 1 saturated heterocycles. The molecule has 0 radical (unpaired) electrons. The number of benzene rings is 1. The van der Waals surface area contributed by atoms with E-state index in [0.29, 0.717) is 30.2 Å². The van der Waals surface area contributed by atoms with Crippen molar-refractivity contribution in [1.82, 2.24) is 4.31 Å². The fourth-order valence-electron chi connectivity index (χ4n) is 2.62. The summed E-state index contributed by atoms with van der Waals surface area (Å²) in [5.41, 5.74) is 0.406. The number of methoxy groups -OCH3 is 2. The second kappa shape index (κ2) is 6.37. The maximum Gasteiger partial charge on any atom is 0.247 e. The van der Waals surface area contributed by atoms with E-state index in [-0.39, 0.29) is 6.42 Å². The maximum atomic E-state index is 12.7. The molecule has 1 aliphatic rings. The minimum atomic E-state index is -3.70. The van der Waals surface area contributed by atoms with Crippen molar-refractivity contribution in [2.45, 2.75) is 24.5 Å². The van der Waals surface area contributed by atoms with E-state index in [0.717, 1.165) is 0 Å². The Morgan fingerprint density at radius 3 is 2.61 bits per heavy atom. The van der Waals surface area contributed by atoms with Crippen molar-refractivity contribution in [3.8, 4) is 11.5 Å². The molecule has 1 aliphatic heterocycles. The molecule has 2 rings (SSSR count). The van der Waals surface area contributed by atoms with Crippen LogP contribution in [0.2, 0.25) is 0 Å². The highest BCUT2D eigenvalue weighted by Gasteiger charge is 2.50. The Balaban J connectivity index is 2.32. The number of nitrogens with one attached hydrogen (secondary N) is 1. The van der Waals surface area contributed by atoms with Crippen LogP contribution >= 0.6 is 0 Å². The molecule has 1 atom stereocenters. The number of carbonyl (C=O) groups excluding carboxylic acids is 1. The summed E-state index contributed by atoms with van der Waals surface area (Å²) in [4.78, 5) is 12.7. The second-order valence-electron chi connectivity index (χ2n) is 5.68. The lowest BCUT2D eigenvalue weighted by molar-refractivity contribution is -0.118. The van der Waals surface area contributed by atoms with Crippen LogP contribution in [-0.2, 0) is 14.8 Å². The van der Waals surface area contributed by atoms with Gasteiger partial charge in [-0.05, 0) is 31.9 Å². The summed E-state index contributed by atoms with van der Waals surface area (Å²) in [6, 6.07) is 4.92. The van der Waals surface area contributed by atoms with Crippen LogP contribution < -0.4 is 14.8 Å². The lowest BCUT2D eigenvalue weighted by atomic mass is 10.0. The zero-order valence-electron chi connectivity index (χ0n) is 13.8. The van der Waals surface area contributed by atoms with Gasteiger partial charge in [0.05, 0.1) is 19.9 Å². The topological polar surface area (TPSA) is 84.9 Å². The van der Waals surface area contributed by atoms with Crippen LogP contribution in [0, 0.1) is 0 Å². The molecule has 1 fully saturated rings. The quantitative estimate of drug-likeness (QED) is 0.895. The molecule has 0 aliphatic carbocycles. The predicted molar refractivity (Wildman–Crippen MR) is 87.4 cm³/mol. The molecule has 0 aromatic heterocycles. The van der Waals surface area contributed by atoms with Crippen molar-refractivity contribution in [3.05, 3.63) is 18.2 Å². The lowest BCUT2D eigenvalue weighted by Gasteiger charge is -2.36. The summed E-state index contributed by atoms with van der Waals surface area (Å²) in [6.45, 7) is 1.89. The molecule has 8 heteroatoms. The molecule has 1 unspecified atom stereocenters. The molecule has 1 N–H and O–H groups in total. The van der Waals surface area contributed by atoms with Crippen LogP contribution in [0.4, 0.5) is 5.69 Å². The van der Waals surface area contributed by atoms with E-state index in [1.807, 2.05) is 0 Å². The van der Waals surface area contributed by atoms with Gasteiger partial charge in [-0.15, -0.1) is 0 Å². The number of ether oxygens (including phenoxy) is 2. The molecule has 23 heavy (non-hydrogen) atoms. The van der Waals surface area contributed by atoms with Crippen molar-refractivity contribution in [2.75, 3.05) is 33.1 Å². The monoisotopic (exact) mass is 342 g/mol. The first-order chi connectivity index (χ1) is 10.8. The SMILES string of the molecule is COc1ccc(NC(=O)C2(C)CCCN(C)S2(=O)=O)c(OC)c1. The summed E-state index contributed by atoms with van der Waals surface area (Å²) < 4.78 is 35.1. The minimum absolute atomic E-state index is 0.282. The Hall–Kier alpha value is -1.80. The molecule has 7 nitrogen and oxygen atoms in total. The van der Waals surface area contributed by atoms with Crippen LogP contribution in [0.25, 0.3) is 0 Å². The van der Waals surface area contributed by atoms with E-state index in [2.05, 4.69) is 5.32 Å². The first-order valence-electron chi connectivity index (χ1n) is 7.25. The summed E-state index contributed by atoms with van der Waals surface area (Å²) >= 11 is 0. The van der Waals surface area contributed by atoms with Crippen molar-refractivity contribution < 1.29 is 22.7 Å². The summed E-state index contributed by atoms with van der Waals surface area (Å²) in [5.74, 6) is 0.423. The van der Waals surface area contributed by atoms with Gasteiger partial charge in [-0.3, -0.25) is 4.79 Å². The molecule has 0 bridgehead atoms. The molecular formula is C15H22N2O5S. The molecular weight excluding hydrogens is 320 g/mol. The Bertz CT molecular complexity index is 704. The molecule has 128 valence electrons. The number of amides is 1. The smallest absolute Gasteiger partial charge is 0.247 e. The van der Waals surface area contributed by atoms with E-state index >= 15 is 0 Å². The fourth-order valence-corrected chi connectivity index (χ4v) is 4.36. The van der Waals surface area contributed by atoms with E-state index in [4.69, 9.17) is 9.47 Å². The predicted octanol–water partition coefficient (Wildman–Crippen LogP) is 1.46. The summed E-state index contributed by atoms with van der Waals surface area (Å²) in [7, 11) is 0.792. The van der Waals surface area contributed by atoms with Gasteiger partial charge in [-0.2, -0.15) is 0 Å². The van der Waals surface area contributed by atoms with Gasteiger partial charge in [-0.25, -0.2) is 12.7 Å². The van der Waals surface area contributed by atoms with Gasteiger partial charge in [-0.1, -0.05) is 0 Å². The van der Waals surface area contributed by atoms with Crippen LogP contribution in [-0.4, -0.2) is 51.2 Å². The van der Waals surface area contributed by atoms with E-state index in [9.17, 15) is 13.2 Å². The molecule has 1 aromatic rings. The zero-order valence-corrected chi connectivity index (χ0v) is 14.6. The third-order valence-corrected chi connectivity index (χ3v) is 6.78. The normalized spacial score (nSPS) is 24.0. The second-order valence-corrected chi connectivity index (χ2v) is 8.16. The van der Waals surface area contributed by atoms with Crippen LogP contribution in [0.3, 0.4) is 0 Å². The van der Waals surface area contributed by atoms with E-state index in [1.54, 1.807) is 18.2 Å². The molecule has 0 saturated carbocycles. The van der Waals surface area contributed by atoms with Crippen LogP contribution in [0.15, 0.2) is 18.2 Å². The number of nitrogens with zero attached hydrogens (tertiary/aromatic N) is 1. The largest absolute Gasteiger partial charge is 0.497 e. The van der Waals surface area contributed by atoms with Gasteiger partial charge in [0.25, 0.3) is 0 Å². The van der Waals surface area contributed by atoms with Gasteiger partial charge < -0.3 is 14.8 Å². The van der Waals surface area contributed by atoms with Gasteiger partial charge in [0.1, 0.15) is 11.5 Å². The molecule has 0 spiro atoms. The maximum absolute atomic E-state index is 12.7. The number of sulfonamides is 1. The van der Waals surface area contributed by atoms with Crippen molar-refractivity contribution >= 4 is 21.6 Å². The number of carbonyl (C=O) groups is 1. The van der Waals surface area contributed by atoms with Gasteiger partial charge >= 0.3 is 0 Å². The third kappa shape index (κ3) is 3.00. The number of hydrogen-bond acceptors (Lipinski definition) is 5. The highest BCUT2D eigenvalue weighted by molar-refractivity contribution is 7.91. The molecule has 1 heterocycles. The lowest BCUT2D eigenvalue weighted by Crippen LogP contribution is -2.56.